The van der Waals surface area contributed by atoms with E-state index in [2.05, 4.69) is 15.6 Å². The van der Waals surface area contributed by atoms with Crippen LogP contribution in [0.2, 0.25) is 0 Å². The molecule has 1 heterocycles. The Kier molecular flexibility index (Phi) is 6.42. The van der Waals surface area contributed by atoms with Gasteiger partial charge in [-0.15, -0.1) is 0 Å². The minimum absolute atomic E-state index is 0.0600. The number of rotatable bonds is 6. The summed E-state index contributed by atoms with van der Waals surface area (Å²) in [6, 6.07) is 2.96. The second-order valence-corrected chi connectivity index (χ2v) is 5.93. The van der Waals surface area contributed by atoms with Gasteiger partial charge in [0, 0.05) is 25.9 Å². The third-order valence-electron chi connectivity index (χ3n) is 4.11. The molecular weight excluding hydrogens is 323 g/mol. The topological polar surface area (TPSA) is 63.2 Å². The first-order chi connectivity index (χ1) is 11.4. The molecule has 8 heteroatoms. The van der Waals surface area contributed by atoms with Crippen LogP contribution in [0.15, 0.2) is 18.3 Å². The highest BCUT2D eigenvalue weighted by Gasteiger charge is 2.42. The summed E-state index contributed by atoms with van der Waals surface area (Å²) in [5.41, 5.74) is 0.397. The predicted octanol–water partition coefficient (Wildman–Crippen LogP) is 2.99. The van der Waals surface area contributed by atoms with Gasteiger partial charge in [-0.25, -0.2) is 4.98 Å². The number of methoxy groups -OCH3 is 1. The molecule has 0 aromatic carbocycles. The van der Waals surface area contributed by atoms with Crippen LogP contribution >= 0.6 is 0 Å². The lowest BCUT2D eigenvalue weighted by atomic mass is 9.85. The molecule has 1 amide bonds. The molecule has 134 valence electrons. The van der Waals surface area contributed by atoms with Gasteiger partial charge >= 0.3 is 6.18 Å². The van der Waals surface area contributed by atoms with Gasteiger partial charge in [-0.2, -0.15) is 13.2 Å². The highest BCUT2D eigenvalue weighted by molar-refractivity contribution is 5.94. The van der Waals surface area contributed by atoms with Crippen molar-refractivity contribution in [1.82, 2.24) is 10.3 Å². The quantitative estimate of drug-likeness (QED) is 0.778. The first kappa shape index (κ1) is 18.5. The number of aromatic nitrogens is 1. The van der Waals surface area contributed by atoms with Gasteiger partial charge < -0.3 is 15.4 Å². The van der Waals surface area contributed by atoms with Gasteiger partial charge in [0.25, 0.3) is 5.91 Å². The number of pyridine rings is 1. The number of ether oxygens (including phenoxy) is 1. The summed E-state index contributed by atoms with van der Waals surface area (Å²) in [5.74, 6) is -1.04. The number of anilines is 1. The number of hydrogen-bond donors (Lipinski definition) is 2. The van der Waals surface area contributed by atoms with Crippen molar-refractivity contribution in [2.75, 3.05) is 25.6 Å². The molecule has 0 aliphatic heterocycles. The van der Waals surface area contributed by atoms with Crippen LogP contribution in [0.4, 0.5) is 19.0 Å². The number of amides is 1. The standard InChI is InChI=1S/C16H22F3N3O2/c1-24-8-7-20-15(23)11-5-6-14(21-10-11)22-13-4-2-3-12(9-13)16(17,18)19/h5-6,10,12-13H,2-4,7-9H2,1H3,(H,20,23)(H,21,22). The Hall–Kier alpha value is -1.83. The molecule has 1 fully saturated rings. The van der Waals surface area contributed by atoms with E-state index in [4.69, 9.17) is 4.74 Å². The van der Waals surface area contributed by atoms with Gasteiger partial charge in [-0.3, -0.25) is 4.79 Å². The number of hydrogen-bond acceptors (Lipinski definition) is 4. The van der Waals surface area contributed by atoms with E-state index in [1.807, 2.05) is 0 Å². The molecule has 0 radical (unpaired) electrons. The van der Waals surface area contributed by atoms with Gasteiger partial charge in [-0.1, -0.05) is 6.42 Å². The van der Waals surface area contributed by atoms with Gasteiger partial charge in [0.1, 0.15) is 5.82 Å². The van der Waals surface area contributed by atoms with Crippen molar-refractivity contribution < 1.29 is 22.7 Å². The minimum atomic E-state index is -4.14. The zero-order valence-corrected chi connectivity index (χ0v) is 13.5. The van der Waals surface area contributed by atoms with Gasteiger partial charge in [0.05, 0.1) is 18.1 Å². The fourth-order valence-electron chi connectivity index (χ4n) is 2.81. The summed E-state index contributed by atoms with van der Waals surface area (Å²) >= 11 is 0. The number of carbonyl (C=O) groups is 1. The number of nitrogens with one attached hydrogen (secondary N) is 2. The van der Waals surface area contributed by atoms with Crippen LogP contribution in [-0.2, 0) is 4.74 Å². The summed E-state index contributed by atoms with van der Waals surface area (Å²) in [5, 5.41) is 5.71. The molecule has 1 aliphatic rings. The Bertz CT molecular complexity index is 534. The molecule has 2 N–H and O–H groups in total. The van der Waals surface area contributed by atoms with E-state index in [-0.39, 0.29) is 24.8 Å². The largest absolute Gasteiger partial charge is 0.391 e. The highest BCUT2D eigenvalue weighted by Crippen LogP contribution is 2.38. The van der Waals surface area contributed by atoms with Crippen LogP contribution in [0.5, 0.6) is 0 Å². The summed E-state index contributed by atoms with van der Waals surface area (Å²) in [6.45, 7) is 0.817. The molecule has 1 aromatic rings. The van der Waals surface area contributed by atoms with Crippen LogP contribution in [0, 0.1) is 5.92 Å². The van der Waals surface area contributed by atoms with Crippen LogP contribution in [-0.4, -0.2) is 43.4 Å². The third kappa shape index (κ3) is 5.36. The Balaban J connectivity index is 1.88. The summed E-state index contributed by atoms with van der Waals surface area (Å²) < 4.78 is 43.3. The molecule has 0 spiro atoms. The van der Waals surface area contributed by atoms with Gasteiger partial charge in [0.2, 0.25) is 0 Å². The first-order valence-electron chi connectivity index (χ1n) is 7.96. The molecule has 0 saturated heterocycles. The molecule has 1 saturated carbocycles. The minimum Gasteiger partial charge on any atom is -0.383 e. The maximum Gasteiger partial charge on any atom is 0.391 e. The second-order valence-electron chi connectivity index (χ2n) is 5.93. The lowest BCUT2D eigenvalue weighted by Gasteiger charge is -2.31. The van der Waals surface area contributed by atoms with Crippen molar-refractivity contribution in [2.24, 2.45) is 5.92 Å². The number of alkyl halides is 3. The lowest BCUT2D eigenvalue weighted by Crippen LogP contribution is -2.34. The lowest BCUT2D eigenvalue weighted by molar-refractivity contribution is -0.182. The zero-order valence-electron chi connectivity index (χ0n) is 13.5. The van der Waals surface area contributed by atoms with E-state index in [0.29, 0.717) is 37.4 Å². The first-order valence-corrected chi connectivity index (χ1v) is 7.96. The van der Waals surface area contributed by atoms with E-state index >= 15 is 0 Å². The molecule has 5 nitrogen and oxygen atoms in total. The van der Waals surface area contributed by atoms with Gasteiger partial charge in [-0.05, 0) is 31.4 Å². The van der Waals surface area contributed by atoms with Crippen molar-refractivity contribution in [3.63, 3.8) is 0 Å². The third-order valence-corrected chi connectivity index (χ3v) is 4.11. The van der Waals surface area contributed by atoms with E-state index in [1.54, 1.807) is 19.2 Å². The Labute approximate surface area is 139 Å². The molecule has 24 heavy (non-hydrogen) atoms. The predicted molar refractivity (Wildman–Crippen MR) is 83.9 cm³/mol. The molecule has 2 rings (SSSR count). The van der Waals surface area contributed by atoms with Crippen LogP contribution < -0.4 is 10.6 Å². The molecule has 2 atom stereocenters. The highest BCUT2D eigenvalue weighted by atomic mass is 19.4. The number of halogens is 3. The Morgan fingerprint density at radius 3 is 2.79 bits per heavy atom. The number of carbonyl (C=O) groups excluding carboxylic acids is 1. The Morgan fingerprint density at radius 1 is 1.38 bits per heavy atom. The maximum atomic E-state index is 12.8. The van der Waals surface area contributed by atoms with E-state index in [1.165, 1.54) is 6.20 Å². The fraction of sp³-hybridized carbons (Fsp3) is 0.625. The van der Waals surface area contributed by atoms with Crippen molar-refractivity contribution in [3.8, 4) is 0 Å². The normalized spacial score (nSPS) is 21.3. The monoisotopic (exact) mass is 345 g/mol. The zero-order chi connectivity index (χ0) is 17.6. The molecule has 1 aromatic heterocycles. The maximum absolute atomic E-state index is 12.8. The van der Waals surface area contributed by atoms with Gasteiger partial charge in [0.15, 0.2) is 0 Å². The summed E-state index contributed by atoms with van der Waals surface area (Å²) in [7, 11) is 1.54. The number of nitrogens with zero attached hydrogens (tertiary/aromatic N) is 1. The average molecular weight is 345 g/mol. The molecule has 1 aliphatic carbocycles. The van der Waals surface area contributed by atoms with Crippen molar-refractivity contribution >= 4 is 11.7 Å². The fourth-order valence-corrected chi connectivity index (χ4v) is 2.81. The van der Waals surface area contributed by atoms with Crippen molar-refractivity contribution in [1.29, 1.82) is 0 Å². The van der Waals surface area contributed by atoms with Crippen LogP contribution in [0.25, 0.3) is 0 Å². The average Bonchev–Trinajstić information content (AvgIpc) is 2.55. The molecule has 0 bridgehead atoms. The molecule has 2 unspecified atom stereocenters. The van der Waals surface area contributed by atoms with Crippen molar-refractivity contribution in [3.05, 3.63) is 23.9 Å². The van der Waals surface area contributed by atoms with Crippen LogP contribution in [0.3, 0.4) is 0 Å². The van der Waals surface area contributed by atoms with Crippen molar-refractivity contribution in [2.45, 2.75) is 37.9 Å². The van der Waals surface area contributed by atoms with E-state index < -0.39 is 12.1 Å². The Morgan fingerprint density at radius 2 is 2.17 bits per heavy atom. The summed E-state index contributed by atoms with van der Waals surface area (Å²) in [4.78, 5) is 15.9. The molecular formula is C16H22F3N3O2. The SMILES string of the molecule is COCCNC(=O)c1ccc(NC2CCCC(C(F)(F)F)C2)nc1. The second kappa shape index (κ2) is 8.32. The van der Waals surface area contributed by atoms with Crippen LogP contribution in [0.1, 0.15) is 36.0 Å². The summed E-state index contributed by atoms with van der Waals surface area (Å²) in [6.07, 6.45) is -1.25. The van der Waals surface area contributed by atoms with E-state index in [0.717, 1.165) is 0 Å². The smallest absolute Gasteiger partial charge is 0.383 e. The van der Waals surface area contributed by atoms with E-state index in [9.17, 15) is 18.0 Å².